The van der Waals surface area contributed by atoms with Crippen LogP contribution in [0.1, 0.15) is 33.1 Å². The highest BCUT2D eigenvalue weighted by molar-refractivity contribution is 7.99. The highest BCUT2D eigenvalue weighted by Gasteiger charge is 2.19. The van der Waals surface area contributed by atoms with Crippen LogP contribution in [-0.4, -0.2) is 41.5 Å². The maximum atomic E-state index is 12.9. The summed E-state index contributed by atoms with van der Waals surface area (Å²) in [6, 6.07) is 13.7. The number of ketones is 1. The molecule has 3 heterocycles. The summed E-state index contributed by atoms with van der Waals surface area (Å²) in [5.74, 6) is 1.66. The summed E-state index contributed by atoms with van der Waals surface area (Å²) < 4.78 is 8.80. The van der Waals surface area contributed by atoms with Crippen LogP contribution in [0.25, 0.3) is 5.82 Å². The fraction of sp³-hybridized carbons (Fsp3) is 0.250. The molecule has 0 atom stereocenters. The SMILES string of the molecule is Cc1cc(-n2c(C)cc(C(=O)CSc3nnnn3Cc3ccccc3)c2C)no1. The van der Waals surface area contributed by atoms with Gasteiger partial charge < -0.3 is 4.52 Å². The highest BCUT2D eigenvalue weighted by Crippen LogP contribution is 2.23. The third-order valence-electron chi connectivity index (χ3n) is 4.58. The fourth-order valence-corrected chi connectivity index (χ4v) is 3.98. The Bertz CT molecular complexity index is 1150. The molecule has 4 aromatic rings. The van der Waals surface area contributed by atoms with Crippen LogP contribution in [0.15, 0.2) is 52.1 Å². The summed E-state index contributed by atoms with van der Waals surface area (Å²) in [6.45, 7) is 6.26. The molecule has 148 valence electrons. The van der Waals surface area contributed by atoms with E-state index in [1.54, 1.807) is 4.68 Å². The minimum absolute atomic E-state index is 0.0174. The number of aromatic nitrogens is 6. The topological polar surface area (TPSA) is 91.6 Å². The van der Waals surface area contributed by atoms with E-state index in [-0.39, 0.29) is 11.5 Å². The first kappa shape index (κ1) is 19.1. The molecule has 8 nitrogen and oxygen atoms in total. The smallest absolute Gasteiger partial charge is 0.210 e. The van der Waals surface area contributed by atoms with Gasteiger partial charge in [-0.3, -0.25) is 9.36 Å². The molecule has 0 aliphatic carbocycles. The monoisotopic (exact) mass is 408 g/mol. The van der Waals surface area contributed by atoms with Crippen molar-refractivity contribution in [3.63, 3.8) is 0 Å². The van der Waals surface area contributed by atoms with Gasteiger partial charge in [-0.1, -0.05) is 47.3 Å². The molecule has 0 radical (unpaired) electrons. The summed E-state index contributed by atoms with van der Waals surface area (Å²) in [7, 11) is 0. The molecule has 0 spiro atoms. The molecule has 9 heteroatoms. The van der Waals surface area contributed by atoms with Crippen molar-refractivity contribution in [2.75, 3.05) is 5.75 Å². The van der Waals surface area contributed by atoms with Gasteiger partial charge in [0.15, 0.2) is 11.6 Å². The number of aryl methyl sites for hydroxylation is 2. The van der Waals surface area contributed by atoms with Crippen LogP contribution < -0.4 is 0 Å². The number of tetrazole rings is 1. The van der Waals surface area contributed by atoms with E-state index in [0.717, 1.165) is 22.7 Å². The number of hydrogen-bond acceptors (Lipinski definition) is 7. The third-order valence-corrected chi connectivity index (χ3v) is 5.54. The Morgan fingerprint density at radius 2 is 1.93 bits per heavy atom. The molecule has 0 saturated carbocycles. The molecule has 0 fully saturated rings. The van der Waals surface area contributed by atoms with Crippen LogP contribution in [0.2, 0.25) is 0 Å². The predicted molar refractivity (Wildman–Crippen MR) is 108 cm³/mol. The number of thioether (sulfide) groups is 1. The molecule has 0 aliphatic heterocycles. The lowest BCUT2D eigenvalue weighted by atomic mass is 10.2. The van der Waals surface area contributed by atoms with Gasteiger partial charge in [-0.15, -0.1) is 5.10 Å². The van der Waals surface area contributed by atoms with Crippen LogP contribution in [0, 0.1) is 20.8 Å². The zero-order chi connectivity index (χ0) is 20.4. The average Bonchev–Trinajstić information content (AvgIpc) is 3.40. The van der Waals surface area contributed by atoms with E-state index in [2.05, 4.69) is 20.7 Å². The number of benzene rings is 1. The minimum Gasteiger partial charge on any atom is -0.360 e. The number of rotatable bonds is 7. The van der Waals surface area contributed by atoms with E-state index < -0.39 is 0 Å². The summed E-state index contributed by atoms with van der Waals surface area (Å²) in [6.07, 6.45) is 0. The quantitative estimate of drug-likeness (QED) is 0.342. The van der Waals surface area contributed by atoms with Gasteiger partial charge in [0.2, 0.25) is 5.16 Å². The van der Waals surface area contributed by atoms with Crippen molar-refractivity contribution >= 4 is 17.5 Å². The van der Waals surface area contributed by atoms with Gasteiger partial charge in [0.25, 0.3) is 0 Å². The van der Waals surface area contributed by atoms with Crippen molar-refractivity contribution < 1.29 is 9.32 Å². The Hall–Kier alpha value is -3.20. The molecule has 4 rings (SSSR count). The Morgan fingerprint density at radius 3 is 2.66 bits per heavy atom. The molecule has 1 aromatic carbocycles. The highest BCUT2D eigenvalue weighted by atomic mass is 32.2. The molecular formula is C20H20N6O2S. The summed E-state index contributed by atoms with van der Waals surface area (Å²) >= 11 is 1.33. The molecule has 3 aromatic heterocycles. The van der Waals surface area contributed by atoms with Crippen molar-refractivity contribution in [1.29, 1.82) is 0 Å². The number of hydrogen-bond donors (Lipinski definition) is 0. The molecule has 0 amide bonds. The van der Waals surface area contributed by atoms with Crippen molar-refractivity contribution in [2.45, 2.75) is 32.5 Å². The van der Waals surface area contributed by atoms with Gasteiger partial charge in [-0.2, -0.15) is 0 Å². The standard InChI is InChI=1S/C20H20N6O2S/c1-13-9-17(15(3)26(13)19-10-14(2)28-22-19)18(27)12-29-20-21-23-24-25(20)11-16-7-5-4-6-8-16/h4-10H,11-12H2,1-3H3. The minimum atomic E-state index is 0.0174. The van der Waals surface area contributed by atoms with E-state index in [9.17, 15) is 4.79 Å². The second-order valence-corrected chi connectivity index (χ2v) is 7.68. The van der Waals surface area contributed by atoms with Crippen LogP contribution >= 0.6 is 11.8 Å². The first-order valence-corrected chi connectivity index (χ1v) is 10.1. The lowest BCUT2D eigenvalue weighted by molar-refractivity contribution is 0.102. The van der Waals surface area contributed by atoms with Crippen molar-refractivity contribution in [3.8, 4) is 5.82 Å². The van der Waals surface area contributed by atoms with Gasteiger partial charge in [0.1, 0.15) is 5.76 Å². The van der Waals surface area contributed by atoms with E-state index in [1.807, 2.05) is 67.8 Å². The Kier molecular flexibility index (Phi) is 5.30. The van der Waals surface area contributed by atoms with Gasteiger partial charge in [-0.25, -0.2) is 4.68 Å². The maximum Gasteiger partial charge on any atom is 0.210 e. The van der Waals surface area contributed by atoms with Crippen LogP contribution in [0.3, 0.4) is 0 Å². The normalized spacial score (nSPS) is 11.1. The van der Waals surface area contributed by atoms with Crippen molar-refractivity contribution in [3.05, 3.63) is 70.7 Å². The zero-order valence-electron chi connectivity index (χ0n) is 16.4. The van der Waals surface area contributed by atoms with E-state index in [1.165, 1.54) is 11.8 Å². The van der Waals surface area contributed by atoms with Crippen LogP contribution in [0.4, 0.5) is 0 Å². The first-order chi connectivity index (χ1) is 14.0. The largest absolute Gasteiger partial charge is 0.360 e. The molecule has 0 saturated heterocycles. The molecule has 0 aliphatic rings. The molecule has 0 unspecified atom stereocenters. The lowest BCUT2D eigenvalue weighted by Gasteiger charge is -2.06. The van der Waals surface area contributed by atoms with E-state index in [0.29, 0.717) is 23.1 Å². The van der Waals surface area contributed by atoms with Gasteiger partial charge >= 0.3 is 0 Å². The summed E-state index contributed by atoms with van der Waals surface area (Å²) in [5, 5.41) is 16.5. The second kappa shape index (κ2) is 8.04. The Balaban J connectivity index is 1.48. The number of Topliss-reactive ketones (excluding diaryl/α,β-unsaturated/α-hetero) is 1. The number of carbonyl (C=O) groups excluding carboxylic acids is 1. The predicted octanol–water partition coefficient (Wildman–Crippen LogP) is 3.40. The number of carbonyl (C=O) groups is 1. The Labute approximate surface area is 171 Å². The molecule has 0 N–H and O–H groups in total. The van der Waals surface area contributed by atoms with Crippen LogP contribution in [-0.2, 0) is 6.54 Å². The lowest BCUT2D eigenvalue weighted by Crippen LogP contribution is -2.08. The summed E-state index contributed by atoms with van der Waals surface area (Å²) in [4.78, 5) is 12.9. The fourth-order valence-electron chi connectivity index (χ4n) is 3.22. The van der Waals surface area contributed by atoms with Gasteiger partial charge in [0, 0.05) is 23.0 Å². The first-order valence-electron chi connectivity index (χ1n) is 9.11. The molecular weight excluding hydrogens is 388 g/mol. The van der Waals surface area contributed by atoms with Crippen molar-refractivity contribution in [1.82, 2.24) is 29.9 Å². The third kappa shape index (κ3) is 4.00. The average molecular weight is 408 g/mol. The number of nitrogens with zero attached hydrogens (tertiary/aromatic N) is 6. The zero-order valence-corrected chi connectivity index (χ0v) is 17.2. The molecule has 0 bridgehead atoms. The second-order valence-electron chi connectivity index (χ2n) is 6.73. The molecule has 29 heavy (non-hydrogen) atoms. The van der Waals surface area contributed by atoms with E-state index in [4.69, 9.17) is 4.52 Å². The Morgan fingerprint density at radius 1 is 1.14 bits per heavy atom. The maximum absolute atomic E-state index is 12.9. The van der Waals surface area contributed by atoms with Crippen LogP contribution in [0.5, 0.6) is 0 Å². The van der Waals surface area contributed by atoms with Crippen molar-refractivity contribution in [2.24, 2.45) is 0 Å². The van der Waals surface area contributed by atoms with Gasteiger partial charge in [0.05, 0.1) is 12.3 Å². The van der Waals surface area contributed by atoms with E-state index >= 15 is 0 Å². The van der Waals surface area contributed by atoms with Gasteiger partial charge in [-0.05, 0) is 42.8 Å². The summed E-state index contributed by atoms with van der Waals surface area (Å²) in [5.41, 5.74) is 3.53.